The fourth-order valence-corrected chi connectivity index (χ4v) is 2.14. The lowest BCUT2D eigenvalue weighted by atomic mass is 10.2. The number of rotatable bonds is 2. The van der Waals surface area contributed by atoms with Gasteiger partial charge in [0, 0.05) is 10.6 Å². The minimum absolute atomic E-state index is 0.0535. The highest BCUT2D eigenvalue weighted by Gasteiger charge is 2.14. The van der Waals surface area contributed by atoms with E-state index >= 15 is 0 Å². The summed E-state index contributed by atoms with van der Waals surface area (Å²) in [6.07, 6.45) is 0. The van der Waals surface area contributed by atoms with Gasteiger partial charge in [0.25, 0.3) is 5.56 Å². The highest BCUT2D eigenvalue weighted by Crippen LogP contribution is 2.20. The van der Waals surface area contributed by atoms with E-state index in [1.165, 1.54) is 16.8 Å². The summed E-state index contributed by atoms with van der Waals surface area (Å²) in [6.45, 7) is 1.70. The van der Waals surface area contributed by atoms with Crippen LogP contribution >= 0.6 is 11.6 Å². The van der Waals surface area contributed by atoms with Crippen LogP contribution in [0.15, 0.2) is 23.0 Å². The maximum absolute atomic E-state index is 13.8. The quantitative estimate of drug-likeness (QED) is 0.779. The molecule has 0 radical (unpaired) electrons. The summed E-state index contributed by atoms with van der Waals surface area (Å²) in [5, 5.41) is 7.88. The van der Waals surface area contributed by atoms with Crippen LogP contribution in [0.1, 0.15) is 11.4 Å². The fourth-order valence-electron chi connectivity index (χ4n) is 1.92. The van der Waals surface area contributed by atoms with Crippen LogP contribution in [0, 0.1) is 12.7 Å². The summed E-state index contributed by atoms with van der Waals surface area (Å²) in [5.74, 6) is -0.00612. The van der Waals surface area contributed by atoms with Gasteiger partial charge in [-0.1, -0.05) is 22.9 Å². The SMILES string of the molecule is Cc1nc2c(nnn2Cc2c(F)cccc2Cl)c(=O)[nH]1. The number of nitrogens with one attached hydrogen (secondary N) is 1. The first kappa shape index (κ1) is 12.7. The van der Waals surface area contributed by atoms with Gasteiger partial charge in [-0.25, -0.2) is 14.1 Å². The molecule has 1 N–H and O–H groups in total. The molecule has 0 unspecified atom stereocenters. The Morgan fingerprint density at radius 2 is 2.25 bits per heavy atom. The number of halogens is 2. The molecular weight excluding hydrogens is 285 g/mol. The lowest BCUT2D eigenvalue weighted by Crippen LogP contribution is -2.11. The van der Waals surface area contributed by atoms with Crippen molar-refractivity contribution in [1.29, 1.82) is 0 Å². The molecule has 2 aromatic heterocycles. The van der Waals surface area contributed by atoms with Crippen molar-refractivity contribution in [3.05, 3.63) is 50.8 Å². The molecule has 102 valence electrons. The number of hydrogen-bond acceptors (Lipinski definition) is 4. The minimum atomic E-state index is -0.442. The third kappa shape index (κ3) is 2.05. The fraction of sp³-hybridized carbons (Fsp3) is 0.167. The number of nitrogens with zero attached hydrogens (tertiary/aromatic N) is 4. The van der Waals surface area contributed by atoms with Gasteiger partial charge in [0.1, 0.15) is 11.6 Å². The van der Waals surface area contributed by atoms with Crippen LogP contribution in [-0.4, -0.2) is 25.0 Å². The molecule has 0 amide bonds. The molecule has 6 nitrogen and oxygen atoms in total. The van der Waals surface area contributed by atoms with Crippen LogP contribution in [0.2, 0.25) is 5.02 Å². The van der Waals surface area contributed by atoms with Crippen molar-refractivity contribution in [2.45, 2.75) is 13.5 Å². The minimum Gasteiger partial charge on any atom is -0.309 e. The van der Waals surface area contributed by atoms with Gasteiger partial charge in [-0.05, 0) is 19.1 Å². The molecule has 3 rings (SSSR count). The average molecular weight is 294 g/mol. The normalized spacial score (nSPS) is 11.2. The van der Waals surface area contributed by atoms with E-state index < -0.39 is 5.82 Å². The van der Waals surface area contributed by atoms with Gasteiger partial charge in [0.15, 0.2) is 11.2 Å². The smallest absolute Gasteiger partial charge is 0.281 e. The highest BCUT2D eigenvalue weighted by molar-refractivity contribution is 6.31. The molecule has 0 aliphatic heterocycles. The molecule has 0 fully saturated rings. The molecule has 0 aliphatic rings. The van der Waals surface area contributed by atoms with Gasteiger partial charge < -0.3 is 4.98 Å². The first-order valence-electron chi connectivity index (χ1n) is 5.79. The van der Waals surface area contributed by atoms with Crippen molar-refractivity contribution >= 4 is 22.8 Å². The molecule has 20 heavy (non-hydrogen) atoms. The molecule has 0 spiro atoms. The van der Waals surface area contributed by atoms with Crippen molar-refractivity contribution in [1.82, 2.24) is 25.0 Å². The zero-order valence-corrected chi connectivity index (χ0v) is 11.1. The van der Waals surface area contributed by atoms with E-state index in [1.54, 1.807) is 13.0 Å². The topological polar surface area (TPSA) is 76.5 Å². The Balaban J connectivity index is 2.14. The Morgan fingerprint density at radius 1 is 1.45 bits per heavy atom. The molecular formula is C12H9ClFN5O. The predicted molar refractivity (Wildman–Crippen MR) is 71.2 cm³/mol. The van der Waals surface area contributed by atoms with Gasteiger partial charge in [-0.3, -0.25) is 4.79 Å². The predicted octanol–water partition coefficient (Wildman–Crippen LogP) is 1.66. The summed E-state index contributed by atoms with van der Waals surface area (Å²) in [6, 6.07) is 4.42. The standard InChI is InChI=1S/C12H9ClFN5O/c1-6-15-11-10(12(20)16-6)17-18-19(11)5-7-8(13)3-2-4-9(7)14/h2-4H,5H2,1H3,(H,15,16,20). The monoisotopic (exact) mass is 293 g/mol. The van der Waals surface area contributed by atoms with Crippen molar-refractivity contribution in [3.63, 3.8) is 0 Å². The summed E-state index contributed by atoms with van der Waals surface area (Å²) in [4.78, 5) is 18.4. The first-order chi connectivity index (χ1) is 9.56. The van der Waals surface area contributed by atoms with Gasteiger partial charge in [-0.15, -0.1) is 5.10 Å². The van der Waals surface area contributed by atoms with Crippen LogP contribution in [0.4, 0.5) is 4.39 Å². The van der Waals surface area contributed by atoms with E-state index in [0.29, 0.717) is 11.5 Å². The number of aromatic nitrogens is 5. The maximum atomic E-state index is 13.8. The highest BCUT2D eigenvalue weighted by atomic mass is 35.5. The van der Waals surface area contributed by atoms with E-state index in [9.17, 15) is 9.18 Å². The Hall–Kier alpha value is -2.28. The van der Waals surface area contributed by atoms with Gasteiger partial charge in [0.05, 0.1) is 6.54 Å². The second kappa shape index (κ2) is 4.68. The second-order valence-electron chi connectivity index (χ2n) is 4.27. The molecule has 0 aliphatic carbocycles. The summed E-state index contributed by atoms with van der Waals surface area (Å²) in [7, 11) is 0. The number of H-pyrrole nitrogens is 1. The van der Waals surface area contributed by atoms with Crippen molar-refractivity contribution < 1.29 is 4.39 Å². The zero-order chi connectivity index (χ0) is 14.3. The van der Waals surface area contributed by atoms with Crippen LogP contribution in [-0.2, 0) is 6.54 Å². The van der Waals surface area contributed by atoms with E-state index in [1.807, 2.05) is 0 Å². The number of aromatic amines is 1. The lowest BCUT2D eigenvalue weighted by Gasteiger charge is -2.06. The largest absolute Gasteiger partial charge is 0.309 e. The molecule has 0 saturated carbocycles. The van der Waals surface area contributed by atoms with Crippen molar-refractivity contribution in [2.75, 3.05) is 0 Å². The summed E-state index contributed by atoms with van der Waals surface area (Å²) < 4.78 is 15.1. The molecule has 8 heteroatoms. The van der Waals surface area contributed by atoms with Crippen molar-refractivity contribution in [3.8, 4) is 0 Å². The Bertz CT molecular complexity index is 836. The van der Waals surface area contributed by atoms with Gasteiger partial charge in [0.2, 0.25) is 0 Å². The van der Waals surface area contributed by atoms with E-state index in [0.717, 1.165) is 0 Å². The molecule has 1 aromatic carbocycles. The molecule has 0 saturated heterocycles. The Morgan fingerprint density at radius 3 is 3.00 bits per heavy atom. The third-order valence-electron chi connectivity index (χ3n) is 2.86. The molecule has 2 heterocycles. The van der Waals surface area contributed by atoms with Crippen LogP contribution in [0.5, 0.6) is 0 Å². The summed E-state index contributed by atoms with van der Waals surface area (Å²) in [5.41, 5.74) is 0.313. The summed E-state index contributed by atoms with van der Waals surface area (Å²) >= 11 is 5.97. The van der Waals surface area contributed by atoms with Gasteiger partial charge >= 0.3 is 0 Å². The second-order valence-corrected chi connectivity index (χ2v) is 4.68. The number of benzene rings is 1. The molecule has 3 aromatic rings. The van der Waals surface area contributed by atoms with E-state index in [2.05, 4.69) is 20.3 Å². The number of hydrogen-bond donors (Lipinski definition) is 1. The molecule has 0 atom stereocenters. The van der Waals surface area contributed by atoms with Crippen LogP contribution in [0.3, 0.4) is 0 Å². The van der Waals surface area contributed by atoms with E-state index in [4.69, 9.17) is 11.6 Å². The van der Waals surface area contributed by atoms with Crippen LogP contribution < -0.4 is 5.56 Å². The van der Waals surface area contributed by atoms with Gasteiger partial charge in [-0.2, -0.15) is 0 Å². The average Bonchev–Trinajstić information content (AvgIpc) is 2.77. The van der Waals surface area contributed by atoms with Crippen molar-refractivity contribution in [2.24, 2.45) is 0 Å². The Labute approximate surface area is 117 Å². The van der Waals surface area contributed by atoms with Crippen LogP contribution in [0.25, 0.3) is 11.2 Å². The van der Waals surface area contributed by atoms with E-state index in [-0.39, 0.29) is 28.2 Å². The maximum Gasteiger partial charge on any atom is 0.281 e. The number of aryl methyl sites for hydroxylation is 1. The third-order valence-corrected chi connectivity index (χ3v) is 3.22. The molecule has 0 bridgehead atoms. The Kier molecular flexibility index (Phi) is 2.98. The number of fused-ring (bicyclic) bond motifs is 1. The zero-order valence-electron chi connectivity index (χ0n) is 10.4. The first-order valence-corrected chi connectivity index (χ1v) is 6.17. The lowest BCUT2D eigenvalue weighted by molar-refractivity contribution is 0.582.